The summed E-state index contributed by atoms with van der Waals surface area (Å²) < 4.78 is 0. The van der Waals surface area contributed by atoms with Crippen LogP contribution in [0.15, 0.2) is 0 Å². The maximum absolute atomic E-state index is 11.3. The fraction of sp³-hybridized carbons (Fsp3) is 0.875. The highest BCUT2D eigenvalue weighted by molar-refractivity contribution is 7.99. The third-order valence-electron chi connectivity index (χ3n) is 2.61. The minimum atomic E-state index is 0.457. The molecule has 0 aromatic carbocycles. The van der Waals surface area contributed by atoms with Gasteiger partial charge in [-0.1, -0.05) is 0 Å². The van der Waals surface area contributed by atoms with Crippen LogP contribution in [0.3, 0.4) is 0 Å². The summed E-state index contributed by atoms with van der Waals surface area (Å²) in [6.07, 6.45) is 3.33. The van der Waals surface area contributed by atoms with Crippen LogP contribution in [-0.2, 0) is 4.79 Å². The van der Waals surface area contributed by atoms with Crippen LogP contribution in [0.2, 0.25) is 0 Å². The lowest BCUT2D eigenvalue weighted by Crippen LogP contribution is -2.26. The first-order valence-electron chi connectivity index (χ1n) is 3.98. The quantitative estimate of drug-likeness (QED) is 0.531. The SMILES string of the molecule is O=C1CCCC2CSCC12. The smallest absolute Gasteiger partial charge is 0.137 e. The van der Waals surface area contributed by atoms with E-state index in [1.165, 1.54) is 12.2 Å². The van der Waals surface area contributed by atoms with Crippen molar-refractivity contribution >= 4 is 17.5 Å². The topological polar surface area (TPSA) is 17.1 Å². The van der Waals surface area contributed by atoms with E-state index in [1.807, 2.05) is 11.8 Å². The summed E-state index contributed by atoms with van der Waals surface area (Å²) in [7, 11) is 0. The second-order valence-corrected chi connectivity index (χ2v) is 4.34. The Labute approximate surface area is 65.6 Å². The van der Waals surface area contributed by atoms with Gasteiger partial charge < -0.3 is 0 Å². The molecule has 1 saturated heterocycles. The molecular formula is C8H12OS. The normalized spacial score (nSPS) is 39.8. The van der Waals surface area contributed by atoms with E-state index < -0.39 is 0 Å². The molecule has 1 saturated carbocycles. The molecule has 2 atom stereocenters. The van der Waals surface area contributed by atoms with Crippen molar-refractivity contribution in [2.45, 2.75) is 19.3 Å². The number of carbonyl (C=O) groups is 1. The minimum absolute atomic E-state index is 0.457. The number of rotatable bonds is 0. The molecular weight excluding hydrogens is 144 g/mol. The molecule has 0 bridgehead atoms. The summed E-state index contributed by atoms with van der Waals surface area (Å²) in [5, 5.41) is 0. The van der Waals surface area contributed by atoms with E-state index in [4.69, 9.17) is 0 Å². The zero-order valence-electron chi connectivity index (χ0n) is 6.01. The van der Waals surface area contributed by atoms with Gasteiger partial charge in [-0.05, 0) is 24.5 Å². The Morgan fingerprint density at radius 1 is 1.40 bits per heavy atom. The lowest BCUT2D eigenvalue weighted by atomic mass is 9.81. The molecule has 2 aliphatic rings. The molecule has 0 spiro atoms. The number of Topliss-reactive ketones (excluding diaryl/α,β-unsaturated/α-hetero) is 1. The number of hydrogen-bond donors (Lipinski definition) is 0. The van der Waals surface area contributed by atoms with Gasteiger partial charge in [0.25, 0.3) is 0 Å². The van der Waals surface area contributed by atoms with Gasteiger partial charge in [-0.3, -0.25) is 4.79 Å². The van der Waals surface area contributed by atoms with Crippen LogP contribution in [0.1, 0.15) is 19.3 Å². The number of fused-ring (bicyclic) bond motifs is 1. The predicted molar refractivity (Wildman–Crippen MR) is 43.2 cm³/mol. The molecule has 1 nitrogen and oxygen atoms in total. The zero-order valence-corrected chi connectivity index (χ0v) is 6.82. The molecule has 2 heteroatoms. The summed E-state index contributed by atoms with van der Waals surface area (Å²) in [4.78, 5) is 11.3. The molecule has 0 radical (unpaired) electrons. The van der Waals surface area contributed by atoms with E-state index in [0.717, 1.165) is 24.5 Å². The van der Waals surface area contributed by atoms with Crippen LogP contribution < -0.4 is 0 Å². The number of carbonyl (C=O) groups excluding carboxylic acids is 1. The van der Waals surface area contributed by atoms with Crippen molar-refractivity contribution in [2.24, 2.45) is 11.8 Å². The van der Waals surface area contributed by atoms with Gasteiger partial charge >= 0.3 is 0 Å². The molecule has 10 heavy (non-hydrogen) atoms. The fourth-order valence-electron chi connectivity index (χ4n) is 1.96. The summed E-state index contributed by atoms with van der Waals surface area (Å²) in [6, 6.07) is 0. The molecule has 0 aromatic heterocycles. The first-order chi connectivity index (χ1) is 4.88. The second-order valence-electron chi connectivity index (χ2n) is 3.26. The van der Waals surface area contributed by atoms with Crippen molar-refractivity contribution in [3.63, 3.8) is 0 Å². The molecule has 0 N–H and O–H groups in total. The van der Waals surface area contributed by atoms with Gasteiger partial charge in [0.15, 0.2) is 0 Å². The summed E-state index contributed by atoms with van der Waals surface area (Å²) in [5.41, 5.74) is 0. The maximum atomic E-state index is 11.3. The number of ketones is 1. The molecule has 0 aromatic rings. The van der Waals surface area contributed by atoms with Crippen molar-refractivity contribution in [1.82, 2.24) is 0 Å². The Morgan fingerprint density at radius 3 is 3.10 bits per heavy atom. The van der Waals surface area contributed by atoms with E-state index in [0.29, 0.717) is 11.7 Å². The maximum Gasteiger partial charge on any atom is 0.137 e. The van der Waals surface area contributed by atoms with Gasteiger partial charge in [-0.25, -0.2) is 0 Å². The van der Waals surface area contributed by atoms with Crippen LogP contribution in [-0.4, -0.2) is 17.3 Å². The van der Waals surface area contributed by atoms with E-state index >= 15 is 0 Å². The monoisotopic (exact) mass is 156 g/mol. The highest BCUT2D eigenvalue weighted by Gasteiger charge is 2.35. The Kier molecular flexibility index (Phi) is 1.73. The second kappa shape index (κ2) is 2.57. The van der Waals surface area contributed by atoms with E-state index in [2.05, 4.69) is 0 Å². The Balaban J connectivity index is 2.10. The van der Waals surface area contributed by atoms with Crippen LogP contribution in [0, 0.1) is 11.8 Å². The van der Waals surface area contributed by atoms with E-state index in [-0.39, 0.29) is 0 Å². The molecule has 0 amide bonds. The van der Waals surface area contributed by atoms with E-state index in [9.17, 15) is 4.79 Å². The van der Waals surface area contributed by atoms with Crippen LogP contribution in [0.5, 0.6) is 0 Å². The van der Waals surface area contributed by atoms with Crippen molar-refractivity contribution in [3.8, 4) is 0 Å². The van der Waals surface area contributed by atoms with Crippen molar-refractivity contribution in [3.05, 3.63) is 0 Å². The van der Waals surface area contributed by atoms with Crippen molar-refractivity contribution < 1.29 is 4.79 Å². The first kappa shape index (κ1) is 6.71. The van der Waals surface area contributed by atoms with Gasteiger partial charge in [0, 0.05) is 18.1 Å². The lowest BCUT2D eigenvalue weighted by molar-refractivity contribution is -0.125. The average molecular weight is 156 g/mol. The average Bonchev–Trinajstić information content (AvgIpc) is 2.36. The highest BCUT2D eigenvalue weighted by atomic mass is 32.2. The van der Waals surface area contributed by atoms with Crippen LogP contribution in [0.25, 0.3) is 0 Å². The number of thioether (sulfide) groups is 1. The fourth-order valence-corrected chi connectivity index (χ4v) is 3.51. The Bertz CT molecular complexity index is 155. The molecule has 1 aliphatic heterocycles. The van der Waals surface area contributed by atoms with Gasteiger partial charge in [0.1, 0.15) is 5.78 Å². The van der Waals surface area contributed by atoms with E-state index in [1.54, 1.807) is 0 Å². The predicted octanol–water partition coefficient (Wildman–Crippen LogP) is 1.72. The Hall–Kier alpha value is 0.0200. The van der Waals surface area contributed by atoms with Crippen molar-refractivity contribution in [2.75, 3.05) is 11.5 Å². The summed E-state index contributed by atoms with van der Waals surface area (Å²) in [5.74, 6) is 4.12. The van der Waals surface area contributed by atoms with Crippen LogP contribution in [0.4, 0.5) is 0 Å². The minimum Gasteiger partial charge on any atom is -0.299 e. The number of hydrogen-bond acceptors (Lipinski definition) is 2. The summed E-state index contributed by atoms with van der Waals surface area (Å²) in [6.45, 7) is 0. The zero-order chi connectivity index (χ0) is 6.97. The highest BCUT2D eigenvalue weighted by Crippen LogP contribution is 2.38. The molecule has 2 fully saturated rings. The Morgan fingerprint density at radius 2 is 2.30 bits per heavy atom. The lowest BCUT2D eigenvalue weighted by Gasteiger charge is -2.22. The van der Waals surface area contributed by atoms with Crippen LogP contribution >= 0.6 is 11.8 Å². The standard InChI is InChI=1S/C8H12OS/c9-8-3-1-2-6-4-10-5-7(6)8/h6-7H,1-5H2. The molecule has 2 rings (SSSR count). The molecule has 56 valence electrons. The third kappa shape index (κ3) is 0.986. The molecule has 1 aliphatic carbocycles. The van der Waals surface area contributed by atoms with Crippen molar-refractivity contribution in [1.29, 1.82) is 0 Å². The van der Waals surface area contributed by atoms with Gasteiger partial charge in [0.2, 0.25) is 0 Å². The summed E-state index contributed by atoms with van der Waals surface area (Å²) >= 11 is 1.96. The molecule has 2 unspecified atom stereocenters. The largest absolute Gasteiger partial charge is 0.299 e. The molecule has 1 heterocycles. The first-order valence-corrected chi connectivity index (χ1v) is 5.14. The van der Waals surface area contributed by atoms with Gasteiger partial charge in [0.05, 0.1) is 0 Å². The van der Waals surface area contributed by atoms with Gasteiger partial charge in [-0.2, -0.15) is 11.8 Å². The van der Waals surface area contributed by atoms with Gasteiger partial charge in [-0.15, -0.1) is 0 Å². The third-order valence-corrected chi connectivity index (χ3v) is 3.87.